The Morgan fingerprint density at radius 1 is 1.00 bits per heavy atom. The first kappa shape index (κ1) is 18.9. The molecule has 2 rings (SSSR count). The Kier molecular flexibility index (Phi) is 5.48. The van der Waals surface area contributed by atoms with Crippen molar-refractivity contribution in [3.63, 3.8) is 0 Å². The molecule has 0 spiro atoms. The van der Waals surface area contributed by atoms with E-state index in [0.717, 1.165) is 5.56 Å². The lowest BCUT2D eigenvalue weighted by atomic mass is 9.91. The second-order valence-electron chi connectivity index (χ2n) is 6.35. The van der Waals surface area contributed by atoms with Crippen molar-refractivity contribution in [1.82, 2.24) is 0 Å². The molecule has 25 heavy (non-hydrogen) atoms. The van der Waals surface area contributed by atoms with Gasteiger partial charge in [0.2, 0.25) is 9.84 Å². The van der Waals surface area contributed by atoms with Gasteiger partial charge in [0.1, 0.15) is 0 Å². The minimum Gasteiger partial charge on any atom is -0.468 e. The van der Waals surface area contributed by atoms with Gasteiger partial charge in [-0.25, -0.2) is 8.42 Å². The normalized spacial score (nSPS) is 12.7. The SMILES string of the molecule is COC(=O)C(C)(C)/C(=C/c1ccc(C)cc1)S(=O)(=O)c1ccccc1. The molecule has 0 bridgehead atoms. The fourth-order valence-electron chi connectivity index (χ4n) is 2.49. The van der Waals surface area contributed by atoms with Crippen LogP contribution in [0.2, 0.25) is 0 Å². The third-order valence-corrected chi connectivity index (χ3v) is 6.13. The van der Waals surface area contributed by atoms with Crippen LogP contribution in [-0.2, 0) is 19.4 Å². The van der Waals surface area contributed by atoms with E-state index in [-0.39, 0.29) is 9.80 Å². The van der Waals surface area contributed by atoms with E-state index in [4.69, 9.17) is 4.74 Å². The lowest BCUT2D eigenvalue weighted by molar-refractivity contribution is -0.148. The van der Waals surface area contributed by atoms with Crippen molar-refractivity contribution in [3.8, 4) is 0 Å². The molecule has 0 aliphatic rings. The highest BCUT2D eigenvalue weighted by molar-refractivity contribution is 7.95. The van der Waals surface area contributed by atoms with Crippen LogP contribution in [0.4, 0.5) is 0 Å². The average Bonchev–Trinajstić information content (AvgIpc) is 2.60. The standard InChI is InChI=1S/C20H22O4S/c1-15-10-12-16(13-11-15)14-18(20(2,3)19(21)24-4)25(22,23)17-8-6-5-7-9-17/h5-14H,1-4H3/b18-14-. The number of sulfone groups is 1. The van der Waals surface area contributed by atoms with Gasteiger partial charge >= 0.3 is 5.97 Å². The van der Waals surface area contributed by atoms with Gasteiger partial charge in [0.05, 0.1) is 22.3 Å². The topological polar surface area (TPSA) is 60.4 Å². The van der Waals surface area contributed by atoms with E-state index in [1.807, 2.05) is 31.2 Å². The molecule has 0 unspecified atom stereocenters. The molecule has 0 fully saturated rings. The zero-order chi connectivity index (χ0) is 18.7. The largest absolute Gasteiger partial charge is 0.468 e. The summed E-state index contributed by atoms with van der Waals surface area (Å²) in [6.45, 7) is 5.06. The van der Waals surface area contributed by atoms with Gasteiger partial charge in [0, 0.05) is 0 Å². The Bertz CT molecular complexity index is 877. The van der Waals surface area contributed by atoms with Gasteiger partial charge in [0.25, 0.3) is 0 Å². The van der Waals surface area contributed by atoms with Crippen LogP contribution < -0.4 is 0 Å². The summed E-state index contributed by atoms with van der Waals surface area (Å²) in [5.41, 5.74) is 0.447. The molecule has 0 aromatic heterocycles. The summed E-state index contributed by atoms with van der Waals surface area (Å²) >= 11 is 0. The van der Waals surface area contributed by atoms with Gasteiger partial charge in [-0.2, -0.15) is 0 Å². The fraction of sp³-hybridized carbons (Fsp3) is 0.250. The molecule has 4 nitrogen and oxygen atoms in total. The maximum absolute atomic E-state index is 13.2. The minimum absolute atomic E-state index is 0.00176. The summed E-state index contributed by atoms with van der Waals surface area (Å²) in [6.07, 6.45) is 1.54. The smallest absolute Gasteiger partial charge is 0.316 e. The van der Waals surface area contributed by atoms with Gasteiger partial charge in [-0.1, -0.05) is 48.0 Å². The zero-order valence-corrected chi connectivity index (χ0v) is 15.6. The highest BCUT2D eigenvalue weighted by Crippen LogP contribution is 2.37. The Hall–Kier alpha value is -2.40. The first-order valence-electron chi connectivity index (χ1n) is 7.87. The molecule has 2 aromatic rings. The van der Waals surface area contributed by atoms with Crippen LogP contribution in [0.3, 0.4) is 0 Å². The number of aryl methyl sites for hydroxylation is 1. The van der Waals surface area contributed by atoms with Crippen LogP contribution in [0.1, 0.15) is 25.0 Å². The van der Waals surface area contributed by atoms with Gasteiger partial charge in [-0.05, 0) is 44.5 Å². The molecule has 0 aliphatic heterocycles. The third-order valence-electron chi connectivity index (χ3n) is 4.03. The van der Waals surface area contributed by atoms with E-state index < -0.39 is 21.2 Å². The van der Waals surface area contributed by atoms with Crippen molar-refractivity contribution in [2.45, 2.75) is 25.7 Å². The monoisotopic (exact) mass is 358 g/mol. The second-order valence-corrected chi connectivity index (χ2v) is 8.27. The van der Waals surface area contributed by atoms with Crippen LogP contribution in [0.5, 0.6) is 0 Å². The highest BCUT2D eigenvalue weighted by atomic mass is 32.2. The summed E-state index contributed by atoms with van der Waals surface area (Å²) in [4.78, 5) is 12.4. The van der Waals surface area contributed by atoms with Crippen LogP contribution >= 0.6 is 0 Å². The van der Waals surface area contributed by atoms with Crippen molar-refractivity contribution in [3.05, 3.63) is 70.6 Å². The van der Waals surface area contributed by atoms with Crippen molar-refractivity contribution in [2.75, 3.05) is 7.11 Å². The molecule has 2 aromatic carbocycles. The zero-order valence-electron chi connectivity index (χ0n) is 14.8. The minimum atomic E-state index is -3.86. The number of ether oxygens (including phenoxy) is 1. The van der Waals surface area contributed by atoms with Gasteiger partial charge in [0.15, 0.2) is 0 Å². The van der Waals surface area contributed by atoms with Crippen LogP contribution in [-0.4, -0.2) is 21.5 Å². The molecule has 132 valence electrons. The molecule has 0 saturated heterocycles. The van der Waals surface area contributed by atoms with Gasteiger partial charge < -0.3 is 4.74 Å². The number of hydrogen-bond acceptors (Lipinski definition) is 4. The van der Waals surface area contributed by atoms with Crippen LogP contribution in [0.15, 0.2) is 64.4 Å². The average molecular weight is 358 g/mol. The summed E-state index contributed by atoms with van der Waals surface area (Å²) in [6, 6.07) is 15.5. The Morgan fingerprint density at radius 2 is 1.56 bits per heavy atom. The number of rotatable bonds is 5. The predicted molar refractivity (Wildman–Crippen MR) is 98.6 cm³/mol. The maximum atomic E-state index is 13.2. The lowest BCUT2D eigenvalue weighted by Crippen LogP contribution is -2.31. The van der Waals surface area contributed by atoms with E-state index in [9.17, 15) is 13.2 Å². The van der Waals surface area contributed by atoms with E-state index in [1.54, 1.807) is 38.1 Å². The van der Waals surface area contributed by atoms with Gasteiger partial charge in [-0.3, -0.25) is 4.79 Å². The lowest BCUT2D eigenvalue weighted by Gasteiger charge is -2.25. The van der Waals surface area contributed by atoms with Gasteiger partial charge in [-0.15, -0.1) is 0 Å². The number of hydrogen-bond donors (Lipinski definition) is 0. The molecule has 0 aliphatic carbocycles. The molecule has 0 heterocycles. The molecule has 5 heteroatoms. The molecular formula is C20H22O4S. The molecule has 0 radical (unpaired) electrons. The number of methoxy groups -OCH3 is 1. The van der Waals surface area contributed by atoms with Crippen LogP contribution in [0.25, 0.3) is 6.08 Å². The first-order chi connectivity index (χ1) is 11.7. The second kappa shape index (κ2) is 7.23. The van der Waals surface area contributed by atoms with E-state index in [1.165, 1.54) is 19.2 Å². The van der Waals surface area contributed by atoms with Crippen molar-refractivity contribution in [1.29, 1.82) is 0 Å². The Labute approximate surface area is 149 Å². The highest BCUT2D eigenvalue weighted by Gasteiger charge is 2.41. The summed E-state index contributed by atoms with van der Waals surface area (Å²) in [5.74, 6) is -0.606. The maximum Gasteiger partial charge on any atom is 0.316 e. The summed E-state index contributed by atoms with van der Waals surface area (Å²) < 4.78 is 31.2. The van der Waals surface area contributed by atoms with Crippen molar-refractivity contribution >= 4 is 21.9 Å². The Morgan fingerprint density at radius 3 is 2.08 bits per heavy atom. The quantitative estimate of drug-likeness (QED) is 0.758. The van der Waals surface area contributed by atoms with E-state index in [0.29, 0.717) is 5.56 Å². The molecule has 0 saturated carbocycles. The van der Waals surface area contributed by atoms with E-state index >= 15 is 0 Å². The first-order valence-corrected chi connectivity index (χ1v) is 9.35. The Balaban J connectivity index is 2.69. The van der Waals surface area contributed by atoms with E-state index in [2.05, 4.69) is 0 Å². The molecule has 0 N–H and O–H groups in total. The summed E-state index contributed by atoms with van der Waals surface area (Å²) in [5, 5.41) is 0. The van der Waals surface area contributed by atoms with Crippen LogP contribution in [0, 0.1) is 12.3 Å². The predicted octanol–water partition coefficient (Wildman–Crippen LogP) is 4.01. The number of carbonyl (C=O) groups excluding carboxylic acids is 1. The third kappa shape index (κ3) is 3.99. The fourth-order valence-corrected chi connectivity index (χ4v) is 4.31. The summed E-state index contributed by atoms with van der Waals surface area (Å²) in [7, 11) is -2.61. The molecule has 0 atom stereocenters. The number of benzene rings is 2. The van der Waals surface area contributed by atoms with Crippen molar-refractivity contribution in [2.24, 2.45) is 5.41 Å². The number of carbonyl (C=O) groups is 1. The van der Waals surface area contributed by atoms with Crippen molar-refractivity contribution < 1.29 is 17.9 Å². The number of esters is 1. The molecular weight excluding hydrogens is 336 g/mol. The molecule has 0 amide bonds.